The van der Waals surface area contributed by atoms with E-state index in [4.69, 9.17) is 4.74 Å². The van der Waals surface area contributed by atoms with Crippen LogP contribution in [0, 0.1) is 20.9 Å². The lowest BCUT2D eigenvalue weighted by Gasteiger charge is -2.39. The van der Waals surface area contributed by atoms with E-state index in [1.807, 2.05) is 0 Å². The van der Waals surface area contributed by atoms with Gasteiger partial charge in [-0.05, 0) is 23.6 Å². The number of aliphatic carboxylic acids is 2. The Hall–Kier alpha value is -3.23. The van der Waals surface area contributed by atoms with Crippen molar-refractivity contribution in [3.8, 4) is 5.75 Å². The summed E-state index contributed by atoms with van der Waals surface area (Å²) in [5.74, 6) is -2.41. The Bertz CT molecular complexity index is 904. The maximum absolute atomic E-state index is 12.0. The SMILES string of the molecule is CC(C)(C)C(COc1ccc([N+](=O)[O-])c2cccnc12)(CC(=O)O)C(=O)O. The van der Waals surface area contributed by atoms with Crippen molar-refractivity contribution < 1.29 is 29.5 Å². The summed E-state index contributed by atoms with van der Waals surface area (Å²) in [6.07, 6.45) is 0.800. The second-order valence-electron chi connectivity index (χ2n) is 7.24. The highest BCUT2D eigenvalue weighted by atomic mass is 16.6. The van der Waals surface area contributed by atoms with E-state index in [1.54, 1.807) is 26.8 Å². The van der Waals surface area contributed by atoms with Crippen molar-refractivity contribution in [2.24, 2.45) is 10.8 Å². The highest BCUT2D eigenvalue weighted by Gasteiger charge is 2.51. The molecule has 0 saturated heterocycles. The maximum atomic E-state index is 12.0. The van der Waals surface area contributed by atoms with E-state index in [-0.39, 0.29) is 22.3 Å². The first-order valence-electron chi connectivity index (χ1n) is 8.10. The lowest BCUT2D eigenvalue weighted by Crippen LogP contribution is -2.49. The predicted octanol–water partition coefficient (Wildman–Crippen LogP) is 3.11. The lowest BCUT2D eigenvalue weighted by molar-refractivity contribution is -0.383. The number of carboxylic acids is 2. The molecular weight excluding hydrogens is 356 g/mol. The highest BCUT2D eigenvalue weighted by molar-refractivity contribution is 5.92. The number of fused-ring (bicyclic) bond motifs is 1. The molecule has 2 rings (SSSR count). The predicted molar refractivity (Wildman–Crippen MR) is 95.7 cm³/mol. The van der Waals surface area contributed by atoms with Crippen LogP contribution in [0.5, 0.6) is 5.75 Å². The fourth-order valence-electron chi connectivity index (χ4n) is 2.86. The number of hydrogen-bond acceptors (Lipinski definition) is 6. The Morgan fingerprint density at radius 3 is 2.41 bits per heavy atom. The number of pyridine rings is 1. The van der Waals surface area contributed by atoms with Gasteiger partial charge in [0.15, 0.2) is 0 Å². The number of ether oxygens (including phenoxy) is 1. The molecule has 0 aliphatic heterocycles. The molecule has 9 heteroatoms. The van der Waals surface area contributed by atoms with Crippen molar-refractivity contribution in [2.75, 3.05) is 6.61 Å². The summed E-state index contributed by atoms with van der Waals surface area (Å²) in [7, 11) is 0. The molecule has 1 aromatic carbocycles. The number of non-ortho nitro benzene ring substituents is 1. The second kappa shape index (κ2) is 7.18. The fraction of sp³-hybridized carbons (Fsp3) is 0.389. The zero-order valence-electron chi connectivity index (χ0n) is 15.1. The first kappa shape index (κ1) is 20.1. The molecule has 0 amide bonds. The van der Waals surface area contributed by atoms with Crippen molar-refractivity contribution in [3.05, 3.63) is 40.6 Å². The number of hydrogen-bond donors (Lipinski definition) is 2. The average Bonchev–Trinajstić information content (AvgIpc) is 2.56. The van der Waals surface area contributed by atoms with E-state index in [9.17, 15) is 29.9 Å². The van der Waals surface area contributed by atoms with Gasteiger partial charge < -0.3 is 14.9 Å². The van der Waals surface area contributed by atoms with Gasteiger partial charge in [0, 0.05) is 12.3 Å². The van der Waals surface area contributed by atoms with E-state index in [1.165, 1.54) is 24.4 Å². The summed E-state index contributed by atoms with van der Waals surface area (Å²) in [6.45, 7) is 4.44. The number of carbonyl (C=O) groups is 2. The summed E-state index contributed by atoms with van der Waals surface area (Å²) in [6, 6.07) is 5.64. The third-order valence-electron chi connectivity index (χ3n) is 4.68. The second-order valence-corrected chi connectivity index (χ2v) is 7.24. The average molecular weight is 376 g/mol. The summed E-state index contributed by atoms with van der Waals surface area (Å²) in [5, 5.41) is 30.4. The van der Waals surface area contributed by atoms with Gasteiger partial charge in [-0.2, -0.15) is 0 Å². The third-order valence-corrected chi connectivity index (χ3v) is 4.68. The van der Waals surface area contributed by atoms with Crippen LogP contribution in [0.4, 0.5) is 5.69 Å². The molecule has 1 heterocycles. The molecule has 0 saturated carbocycles. The zero-order valence-corrected chi connectivity index (χ0v) is 15.1. The molecule has 9 nitrogen and oxygen atoms in total. The molecule has 27 heavy (non-hydrogen) atoms. The van der Waals surface area contributed by atoms with Crippen LogP contribution in [0.15, 0.2) is 30.5 Å². The number of nitro benzene ring substituents is 1. The Balaban J connectivity index is 2.49. The van der Waals surface area contributed by atoms with Gasteiger partial charge in [0.05, 0.1) is 16.7 Å². The topological polar surface area (TPSA) is 140 Å². The number of nitrogens with zero attached hydrogens (tertiary/aromatic N) is 2. The monoisotopic (exact) mass is 376 g/mol. The highest BCUT2D eigenvalue weighted by Crippen LogP contribution is 2.43. The van der Waals surface area contributed by atoms with Crippen molar-refractivity contribution in [2.45, 2.75) is 27.2 Å². The molecule has 1 aromatic heterocycles. The van der Waals surface area contributed by atoms with Crippen molar-refractivity contribution in [1.82, 2.24) is 4.98 Å². The van der Waals surface area contributed by atoms with Crippen molar-refractivity contribution in [3.63, 3.8) is 0 Å². The van der Waals surface area contributed by atoms with Crippen LogP contribution in [0.25, 0.3) is 10.9 Å². The molecule has 1 unspecified atom stereocenters. The molecule has 0 spiro atoms. The molecule has 0 aliphatic carbocycles. The van der Waals surface area contributed by atoms with Gasteiger partial charge >= 0.3 is 11.9 Å². The van der Waals surface area contributed by atoms with Crippen molar-refractivity contribution >= 4 is 28.5 Å². The number of carboxylic acid groups (broad SMARTS) is 2. The number of benzene rings is 1. The molecular formula is C18H20N2O7. The Labute approximate surface area is 154 Å². The third kappa shape index (κ3) is 3.81. The first-order chi connectivity index (χ1) is 12.5. The Morgan fingerprint density at radius 2 is 1.89 bits per heavy atom. The molecule has 0 aliphatic rings. The number of nitro groups is 1. The van der Waals surface area contributed by atoms with E-state index >= 15 is 0 Å². The van der Waals surface area contributed by atoms with Crippen LogP contribution in [-0.2, 0) is 9.59 Å². The Morgan fingerprint density at radius 1 is 1.22 bits per heavy atom. The van der Waals surface area contributed by atoms with Gasteiger partial charge in [-0.3, -0.25) is 24.7 Å². The molecule has 144 valence electrons. The number of aromatic nitrogens is 1. The lowest BCUT2D eigenvalue weighted by atomic mass is 9.65. The fourth-order valence-corrected chi connectivity index (χ4v) is 2.86. The Kier molecular flexibility index (Phi) is 5.34. The van der Waals surface area contributed by atoms with Crippen LogP contribution >= 0.6 is 0 Å². The van der Waals surface area contributed by atoms with Crippen molar-refractivity contribution in [1.29, 1.82) is 0 Å². The van der Waals surface area contributed by atoms with Gasteiger partial charge in [-0.15, -0.1) is 0 Å². The summed E-state index contributed by atoms with van der Waals surface area (Å²) >= 11 is 0. The molecule has 0 fully saturated rings. The molecule has 2 aromatic rings. The quantitative estimate of drug-likeness (QED) is 0.555. The smallest absolute Gasteiger partial charge is 0.314 e. The van der Waals surface area contributed by atoms with E-state index in [0.29, 0.717) is 0 Å². The van der Waals surface area contributed by atoms with Gasteiger partial charge in [0.1, 0.15) is 23.3 Å². The maximum Gasteiger partial charge on any atom is 0.314 e. The number of rotatable bonds is 7. The zero-order chi connectivity index (χ0) is 20.4. The molecule has 2 N–H and O–H groups in total. The van der Waals surface area contributed by atoms with E-state index in [2.05, 4.69) is 4.98 Å². The standard InChI is InChI=1S/C18H20N2O7/c1-17(2,3)18(16(23)24,9-14(21)22)10-27-13-7-6-12(20(25)26)11-5-4-8-19-15(11)13/h4-8H,9-10H2,1-3H3,(H,21,22)(H,23,24). The van der Waals surface area contributed by atoms with Crippen LogP contribution in [0.3, 0.4) is 0 Å². The minimum atomic E-state index is -1.71. The summed E-state index contributed by atoms with van der Waals surface area (Å²) in [5.41, 5.74) is -2.59. The van der Waals surface area contributed by atoms with Gasteiger partial charge in [-0.1, -0.05) is 20.8 Å². The van der Waals surface area contributed by atoms with Gasteiger partial charge in [0.2, 0.25) is 0 Å². The van der Waals surface area contributed by atoms with Gasteiger partial charge in [0.25, 0.3) is 5.69 Å². The van der Waals surface area contributed by atoms with E-state index in [0.717, 1.165) is 0 Å². The molecule has 0 bridgehead atoms. The summed E-state index contributed by atoms with van der Waals surface area (Å²) < 4.78 is 5.68. The summed E-state index contributed by atoms with van der Waals surface area (Å²) in [4.78, 5) is 38.0. The minimum absolute atomic E-state index is 0.150. The molecule has 0 radical (unpaired) electrons. The van der Waals surface area contributed by atoms with Crippen LogP contribution in [-0.4, -0.2) is 38.7 Å². The molecule has 1 atom stereocenters. The minimum Gasteiger partial charge on any atom is -0.490 e. The van der Waals surface area contributed by atoms with Crippen LogP contribution < -0.4 is 4.74 Å². The largest absolute Gasteiger partial charge is 0.490 e. The van der Waals surface area contributed by atoms with Crippen LogP contribution in [0.2, 0.25) is 0 Å². The first-order valence-corrected chi connectivity index (χ1v) is 8.10. The van der Waals surface area contributed by atoms with Crippen LogP contribution in [0.1, 0.15) is 27.2 Å². The van der Waals surface area contributed by atoms with Gasteiger partial charge in [-0.25, -0.2) is 0 Å². The van der Waals surface area contributed by atoms with E-state index < -0.39 is 40.7 Å². The normalized spacial score (nSPS) is 13.7.